The van der Waals surface area contributed by atoms with Gasteiger partial charge in [0.25, 0.3) is 5.91 Å². The Morgan fingerprint density at radius 2 is 1.95 bits per heavy atom. The summed E-state index contributed by atoms with van der Waals surface area (Å²) in [6.07, 6.45) is 2.62. The van der Waals surface area contributed by atoms with Crippen LogP contribution in [0.1, 0.15) is 16.1 Å². The predicted octanol–water partition coefficient (Wildman–Crippen LogP) is 3.37. The lowest BCUT2D eigenvalue weighted by Crippen LogP contribution is -2.24. The first-order valence-corrected chi connectivity index (χ1v) is 6.39. The van der Waals surface area contributed by atoms with E-state index >= 15 is 0 Å². The Labute approximate surface area is 124 Å². The minimum absolute atomic E-state index is 0.189. The summed E-state index contributed by atoms with van der Waals surface area (Å²) >= 11 is 17.4. The van der Waals surface area contributed by atoms with E-state index in [2.05, 4.69) is 15.3 Å². The van der Waals surface area contributed by atoms with Crippen LogP contribution >= 0.6 is 34.8 Å². The Morgan fingerprint density at radius 1 is 1.16 bits per heavy atom. The van der Waals surface area contributed by atoms with E-state index in [9.17, 15) is 4.79 Å². The zero-order valence-electron chi connectivity index (χ0n) is 9.53. The first-order valence-electron chi connectivity index (χ1n) is 5.26. The fourth-order valence-corrected chi connectivity index (χ4v) is 1.93. The molecule has 0 aliphatic carbocycles. The monoisotopic (exact) mass is 315 g/mol. The summed E-state index contributed by atoms with van der Waals surface area (Å²) < 4.78 is 0. The Kier molecular flexibility index (Phi) is 4.58. The molecule has 0 fully saturated rings. The van der Waals surface area contributed by atoms with Gasteiger partial charge in [-0.05, 0) is 17.7 Å². The number of rotatable bonds is 3. The van der Waals surface area contributed by atoms with Crippen LogP contribution in [0.5, 0.6) is 0 Å². The first kappa shape index (κ1) is 14.1. The van der Waals surface area contributed by atoms with Gasteiger partial charge >= 0.3 is 0 Å². The summed E-state index contributed by atoms with van der Waals surface area (Å²) in [5, 5.41) is 3.96. The Morgan fingerprint density at radius 3 is 2.58 bits per heavy atom. The molecule has 0 spiro atoms. The second-order valence-corrected chi connectivity index (χ2v) is 4.87. The highest BCUT2D eigenvalue weighted by molar-refractivity contribution is 6.35. The van der Waals surface area contributed by atoms with Crippen LogP contribution in [0.15, 0.2) is 30.6 Å². The van der Waals surface area contributed by atoms with Gasteiger partial charge in [0.05, 0.1) is 12.4 Å². The number of carbonyl (C=O) groups is 1. The fraction of sp³-hybridized carbons (Fsp3) is 0.0833. The number of halogens is 3. The van der Waals surface area contributed by atoms with E-state index in [1.165, 1.54) is 12.4 Å². The standard InChI is InChI=1S/C12H8Cl3N3O/c13-8-2-1-7(9(14)3-8)4-18-12(19)10-5-17-11(15)6-16-10/h1-3,5-6H,4H2,(H,18,19). The lowest BCUT2D eigenvalue weighted by atomic mass is 10.2. The molecule has 1 aromatic heterocycles. The second-order valence-electron chi connectivity index (χ2n) is 3.64. The minimum atomic E-state index is -0.352. The molecule has 0 aliphatic heterocycles. The van der Waals surface area contributed by atoms with Gasteiger partial charge in [-0.15, -0.1) is 0 Å². The molecule has 1 heterocycles. The molecule has 0 unspecified atom stereocenters. The minimum Gasteiger partial charge on any atom is -0.347 e. The maximum Gasteiger partial charge on any atom is 0.271 e. The Bertz CT molecular complexity index is 602. The summed E-state index contributed by atoms with van der Waals surface area (Å²) in [7, 11) is 0. The average Bonchev–Trinajstić information content (AvgIpc) is 2.38. The maximum absolute atomic E-state index is 11.8. The quantitative estimate of drug-likeness (QED) is 0.944. The smallest absolute Gasteiger partial charge is 0.271 e. The Hall–Kier alpha value is -1.36. The molecule has 0 saturated heterocycles. The molecule has 0 saturated carbocycles. The summed E-state index contributed by atoms with van der Waals surface area (Å²) in [6, 6.07) is 5.07. The molecule has 0 bridgehead atoms. The zero-order chi connectivity index (χ0) is 13.8. The van der Waals surface area contributed by atoms with E-state index in [4.69, 9.17) is 34.8 Å². The van der Waals surface area contributed by atoms with Gasteiger partial charge in [-0.1, -0.05) is 40.9 Å². The number of nitrogens with one attached hydrogen (secondary N) is 1. The average molecular weight is 317 g/mol. The van der Waals surface area contributed by atoms with Gasteiger partial charge in [-0.2, -0.15) is 0 Å². The lowest BCUT2D eigenvalue weighted by Gasteiger charge is -2.06. The molecule has 2 aromatic rings. The number of amides is 1. The van der Waals surface area contributed by atoms with Crippen molar-refractivity contribution >= 4 is 40.7 Å². The maximum atomic E-state index is 11.8. The van der Waals surface area contributed by atoms with Gasteiger partial charge in [0.1, 0.15) is 10.8 Å². The Balaban J connectivity index is 2.02. The molecule has 1 N–H and O–H groups in total. The highest BCUT2D eigenvalue weighted by Crippen LogP contribution is 2.20. The van der Waals surface area contributed by atoms with Crippen LogP contribution in [0.2, 0.25) is 15.2 Å². The number of carbonyl (C=O) groups excluding carboxylic acids is 1. The van der Waals surface area contributed by atoms with Crippen LogP contribution in [0.3, 0.4) is 0 Å². The second kappa shape index (κ2) is 6.19. The van der Waals surface area contributed by atoms with Crippen LogP contribution in [0.25, 0.3) is 0 Å². The molecule has 1 aromatic carbocycles. The van der Waals surface area contributed by atoms with Crippen molar-refractivity contribution < 1.29 is 4.79 Å². The van der Waals surface area contributed by atoms with Crippen LogP contribution in [0.4, 0.5) is 0 Å². The highest BCUT2D eigenvalue weighted by atomic mass is 35.5. The number of benzene rings is 1. The van der Waals surface area contributed by atoms with Gasteiger partial charge in [-0.3, -0.25) is 4.79 Å². The molecule has 0 atom stereocenters. The van der Waals surface area contributed by atoms with Crippen LogP contribution < -0.4 is 5.32 Å². The highest BCUT2D eigenvalue weighted by Gasteiger charge is 2.08. The molecule has 0 radical (unpaired) electrons. The molecular weight excluding hydrogens is 309 g/mol. The topological polar surface area (TPSA) is 54.9 Å². The van der Waals surface area contributed by atoms with Gasteiger partial charge in [0.15, 0.2) is 0 Å². The van der Waals surface area contributed by atoms with E-state index in [0.717, 1.165) is 5.56 Å². The van der Waals surface area contributed by atoms with Crippen molar-refractivity contribution in [1.29, 1.82) is 0 Å². The summed E-state index contributed by atoms with van der Waals surface area (Å²) in [5.41, 5.74) is 0.954. The number of aromatic nitrogens is 2. The molecule has 19 heavy (non-hydrogen) atoms. The van der Waals surface area contributed by atoms with E-state index in [1.54, 1.807) is 18.2 Å². The molecule has 2 rings (SSSR count). The van der Waals surface area contributed by atoms with E-state index in [-0.39, 0.29) is 23.3 Å². The van der Waals surface area contributed by atoms with Gasteiger partial charge in [0, 0.05) is 16.6 Å². The van der Waals surface area contributed by atoms with Crippen molar-refractivity contribution in [2.24, 2.45) is 0 Å². The van der Waals surface area contributed by atoms with E-state index < -0.39 is 0 Å². The fourth-order valence-electron chi connectivity index (χ4n) is 1.36. The van der Waals surface area contributed by atoms with Crippen LogP contribution in [0, 0.1) is 0 Å². The number of nitrogens with zero attached hydrogens (tertiary/aromatic N) is 2. The van der Waals surface area contributed by atoms with Crippen molar-refractivity contribution in [3.63, 3.8) is 0 Å². The summed E-state index contributed by atoms with van der Waals surface area (Å²) in [6.45, 7) is 0.277. The summed E-state index contributed by atoms with van der Waals surface area (Å²) in [5.74, 6) is -0.352. The third-order valence-electron chi connectivity index (χ3n) is 2.31. The lowest BCUT2D eigenvalue weighted by molar-refractivity contribution is 0.0945. The van der Waals surface area contributed by atoms with Gasteiger partial charge < -0.3 is 5.32 Å². The van der Waals surface area contributed by atoms with E-state index in [1.807, 2.05) is 0 Å². The predicted molar refractivity (Wildman–Crippen MR) is 74.7 cm³/mol. The van der Waals surface area contributed by atoms with Gasteiger partial charge in [0.2, 0.25) is 0 Å². The van der Waals surface area contributed by atoms with Crippen molar-refractivity contribution in [1.82, 2.24) is 15.3 Å². The summed E-state index contributed by atoms with van der Waals surface area (Å²) in [4.78, 5) is 19.4. The normalized spacial score (nSPS) is 10.3. The number of hydrogen-bond acceptors (Lipinski definition) is 3. The van der Waals surface area contributed by atoms with Crippen LogP contribution in [-0.2, 0) is 6.54 Å². The van der Waals surface area contributed by atoms with Crippen molar-refractivity contribution in [3.05, 3.63) is 57.0 Å². The molecular formula is C12H8Cl3N3O. The molecule has 7 heteroatoms. The first-order chi connectivity index (χ1) is 9.06. The van der Waals surface area contributed by atoms with Gasteiger partial charge in [-0.25, -0.2) is 9.97 Å². The third kappa shape index (κ3) is 3.80. The van der Waals surface area contributed by atoms with Crippen molar-refractivity contribution in [2.45, 2.75) is 6.54 Å². The molecule has 1 amide bonds. The molecule has 98 valence electrons. The largest absolute Gasteiger partial charge is 0.347 e. The number of hydrogen-bond donors (Lipinski definition) is 1. The zero-order valence-corrected chi connectivity index (χ0v) is 11.8. The van der Waals surface area contributed by atoms with Crippen molar-refractivity contribution in [2.75, 3.05) is 0 Å². The molecule has 4 nitrogen and oxygen atoms in total. The molecule has 0 aliphatic rings. The van der Waals surface area contributed by atoms with Crippen molar-refractivity contribution in [3.8, 4) is 0 Å². The third-order valence-corrected chi connectivity index (χ3v) is 3.09. The van der Waals surface area contributed by atoms with Crippen LogP contribution in [-0.4, -0.2) is 15.9 Å². The SMILES string of the molecule is O=C(NCc1ccc(Cl)cc1Cl)c1cnc(Cl)cn1. The van der Waals surface area contributed by atoms with E-state index in [0.29, 0.717) is 10.0 Å².